The summed E-state index contributed by atoms with van der Waals surface area (Å²) in [5, 5.41) is 0. The van der Waals surface area contributed by atoms with Crippen molar-refractivity contribution in [2.24, 2.45) is 0 Å². The van der Waals surface area contributed by atoms with Crippen molar-refractivity contribution in [1.29, 1.82) is 0 Å². The van der Waals surface area contributed by atoms with E-state index >= 15 is 0 Å². The normalized spacial score (nSPS) is 17.3. The van der Waals surface area contributed by atoms with E-state index in [1.807, 2.05) is 0 Å². The van der Waals surface area contributed by atoms with E-state index in [9.17, 15) is 4.79 Å². The zero-order chi connectivity index (χ0) is 12.5. The molecule has 0 saturated heterocycles. The van der Waals surface area contributed by atoms with Gasteiger partial charge in [-0.2, -0.15) is 0 Å². The molecule has 1 aromatic carbocycles. The Morgan fingerprint density at radius 2 is 2.06 bits per heavy atom. The third kappa shape index (κ3) is 1.84. The van der Waals surface area contributed by atoms with Crippen LogP contribution in [0.3, 0.4) is 0 Å². The number of fused-ring (bicyclic) bond motifs is 3. The first kappa shape index (κ1) is 11.8. The third-order valence-corrected chi connectivity index (χ3v) is 4.20. The summed E-state index contributed by atoms with van der Waals surface area (Å²) >= 11 is 0. The van der Waals surface area contributed by atoms with Crippen LogP contribution in [0.25, 0.3) is 0 Å². The summed E-state index contributed by atoms with van der Waals surface area (Å²) in [5.41, 5.74) is 6.24. The lowest BCUT2D eigenvalue weighted by molar-refractivity contribution is 0.0534. The summed E-state index contributed by atoms with van der Waals surface area (Å²) in [4.78, 5) is 11.9. The molecule has 3 rings (SSSR count). The number of carbonyl (C=O) groups excluding carboxylic acids is 1. The highest BCUT2D eigenvalue weighted by Crippen LogP contribution is 2.34. The molecule has 2 aliphatic rings. The summed E-state index contributed by atoms with van der Waals surface area (Å²) in [6.07, 6.45) is 8.18. The Kier molecular flexibility index (Phi) is 3.11. The van der Waals surface area contributed by atoms with Crippen molar-refractivity contribution in [2.75, 3.05) is 0 Å². The second-order valence-corrected chi connectivity index (χ2v) is 5.41. The molecule has 2 nitrogen and oxygen atoms in total. The van der Waals surface area contributed by atoms with Gasteiger partial charge >= 0.3 is 5.97 Å². The van der Waals surface area contributed by atoms with Crippen LogP contribution in [0.4, 0.5) is 0 Å². The first-order chi connectivity index (χ1) is 8.81. The Bertz CT molecular complexity index is 488. The van der Waals surface area contributed by atoms with Crippen LogP contribution in [0.1, 0.15) is 65.2 Å². The quantitative estimate of drug-likeness (QED) is 0.760. The van der Waals surface area contributed by atoms with Crippen LogP contribution in [-0.4, -0.2) is 5.97 Å². The number of aryl methyl sites for hydroxylation is 2. The number of ether oxygens (including phenoxy) is 1. The molecule has 0 radical (unpaired) electrons. The van der Waals surface area contributed by atoms with Gasteiger partial charge in [-0.3, -0.25) is 0 Å². The third-order valence-electron chi connectivity index (χ3n) is 4.20. The van der Waals surface area contributed by atoms with Crippen LogP contribution >= 0.6 is 0 Å². The minimum absolute atomic E-state index is 0.0931. The van der Waals surface area contributed by atoms with Gasteiger partial charge < -0.3 is 4.74 Å². The second-order valence-electron chi connectivity index (χ2n) is 5.41. The number of rotatable bonds is 3. The summed E-state index contributed by atoms with van der Waals surface area (Å²) in [6.45, 7) is 2.70. The Labute approximate surface area is 108 Å². The zero-order valence-corrected chi connectivity index (χ0v) is 11.1. The zero-order valence-electron chi connectivity index (χ0n) is 11.1. The van der Waals surface area contributed by atoms with Crippen LogP contribution in [0.2, 0.25) is 0 Å². The predicted octanol–water partition coefficient (Wildman–Crippen LogP) is 3.58. The number of unbranched alkanes of at least 4 members (excludes halogenated alkanes) is 1. The molecule has 1 aliphatic heterocycles. The van der Waals surface area contributed by atoms with Gasteiger partial charge in [0.2, 0.25) is 0 Å². The van der Waals surface area contributed by atoms with Crippen molar-refractivity contribution in [3.05, 3.63) is 33.9 Å². The fourth-order valence-corrected chi connectivity index (χ4v) is 3.25. The largest absolute Gasteiger partial charge is 0.457 e. The molecular weight excluding hydrogens is 224 g/mol. The number of esters is 1. The average Bonchev–Trinajstić information content (AvgIpc) is 2.79. The molecule has 0 amide bonds. The maximum atomic E-state index is 11.9. The van der Waals surface area contributed by atoms with Crippen molar-refractivity contribution in [3.63, 3.8) is 0 Å². The van der Waals surface area contributed by atoms with E-state index in [0.29, 0.717) is 6.61 Å². The van der Waals surface area contributed by atoms with Crippen molar-refractivity contribution in [2.45, 2.75) is 58.5 Å². The minimum Gasteiger partial charge on any atom is -0.457 e. The van der Waals surface area contributed by atoms with E-state index in [4.69, 9.17) is 4.74 Å². The maximum absolute atomic E-state index is 11.9. The van der Waals surface area contributed by atoms with Gasteiger partial charge in [0.05, 0.1) is 5.56 Å². The predicted molar refractivity (Wildman–Crippen MR) is 70.8 cm³/mol. The fraction of sp³-hybridized carbons (Fsp3) is 0.562. The van der Waals surface area contributed by atoms with Crippen molar-refractivity contribution < 1.29 is 9.53 Å². The van der Waals surface area contributed by atoms with Crippen LogP contribution in [-0.2, 0) is 30.6 Å². The van der Waals surface area contributed by atoms with Crippen molar-refractivity contribution in [1.82, 2.24) is 0 Å². The maximum Gasteiger partial charge on any atom is 0.339 e. The van der Waals surface area contributed by atoms with E-state index in [1.54, 1.807) is 0 Å². The summed E-state index contributed by atoms with van der Waals surface area (Å²) in [6, 6.07) is 2.29. The Morgan fingerprint density at radius 3 is 2.89 bits per heavy atom. The van der Waals surface area contributed by atoms with E-state index in [0.717, 1.165) is 24.8 Å². The van der Waals surface area contributed by atoms with Gasteiger partial charge in [0.25, 0.3) is 0 Å². The monoisotopic (exact) mass is 244 g/mol. The molecular formula is C16H20O2. The summed E-state index contributed by atoms with van der Waals surface area (Å²) in [5.74, 6) is -0.0931. The smallest absolute Gasteiger partial charge is 0.339 e. The number of hydrogen-bond acceptors (Lipinski definition) is 2. The van der Waals surface area contributed by atoms with Gasteiger partial charge in [0.1, 0.15) is 6.61 Å². The number of cyclic esters (lactones) is 1. The van der Waals surface area contributed by atoms with Crippen molar-refractivity contribution in [3.8, 4) is 0 Å². The van der Waals surface area contributed by atoms with E-state index in [-0.39, 0.29) is 5.97 Å². The first-order valence-electron chi connectivity index (χ1n) is 7.15. The molecule has 0 bridgehead atoms. The van der Waals surface area contributed by atoms with Crippen LogP contribution in [0.5, 0.6) is 0 Å². The topological polar surface area (TPSA) is 26.3 Å². The molecule has 18 heavy (non-hydrogen) atoms. The average molecular weight is 244 g/mol. The van der Waals surface area contributed by atoms with Gasteiger partial charge in [-0.25, -0.2) is 4.79 Å². The molecule has 96 valence electrons. The van der Waals surface area contributed by atoms with Gasteiger partial charge in [0, 0.05) is 5.56 Å². The lowest BCUT2D eigenvalue weighted by atomic mass is 9.83. The van der Waals surface area contributed by atoms with Crippen LogP contribution in [0, 0.1) is 0 Å². The molecule has 0 spiro atoms. The van der Waals surface area contributed by atoms with Gasteiger partial charge in [0.15, 0.2) is 0 Å². The molecule has 0 N–H and O–H groups in total. The Balaban J connectivity index is 2.09. The van der Waals surface area contributed by atoms with Gasteiger partial charge in [-0.1, -0.05) is 19.4 Å². The fourth-order valence-electron chi connectivity index (χ4n) is 3.25. The van der Waals surface area contributed by atoms with Crippen molar-refractivity contribution >= 4 is 5.97 Å². The molecule has 1 heterocycles. The standard InChI is InChI=1S/C16H20O2/c1-2-3-6-12-9-11-7-4-5-8-13(11)14-10-18-16(17)15(12)14/h9H,2-8,10H2,1H3. The van der Waals surface area contributed by atoms with E-state index < -0.39 is 0 Å². The summed E-state index contributed by atoms with van der Waals surface area (Å²) in [7, 11) is 0. The van der Waals surface area contributed by atoms with Crippen LogP contribution < -0.4 is 0 Å². The molecule has 0 saturated carbocycles. The highest BCUT2D eigenvalue weighted by Gasteiger charge is 2.29. The number of carbonyl (C=O) groups is 1. The Morgan fingerprint density at radius 1 is 1.22 bits per heavy atom. The number of hydrogen-bond donors (Lipinski definition) is 0. The SMILES string of the molecule is CCCCc1cc2c(c3c1C(=O)OC3)CCCC2. The minimum atomic E-state index is -0.0931. The van der Waals surface area contributed by atoms with Gasteiger partial charge in [-0.15, -0.1) is 0 Å². The molecule has 0 atom stereocenters. The molecule has 0 fully saturated rings. The van der Waals surface area contributed by atoms with Gasteiger partial charge in [-0.05, 0) is 55.2 Å². The molecule has 0 aromatic heterocycles. The highest BCUT2D eigenvalue weighted by atomic mass is 16.5. The molecule has 1 aromatic rings. The highest BCUT2D eigenvalue weighted by molar-refractivity contribution is 5.95. The second kappa shape index (κ2) is 4.75. The molecule has 1 aliphatic carbocycles. The molecule has 2 heteroatoms. The summed E-state index contributed by atoms with van der Waals surface area (Å²) < 4.78 is 5.27. The lowest BCUT2D eigenvalue weighted by Crippen LogP contribution is -2.10. The number of benzene rings is 1. The Hall–Kier alpha value is -1.31. The van der Waals surface area contributed by atoms with E-state index in [1.165, 1.54) is 47.9 Å². The lowest BCUT2D eigenvalue weighted by Gasteiger charge is -2.20. The first-order valence-corrected chi connectivity index (χ1v) is 7.15. The molecule has 0 unspecified atom stereocenters. The van der Waals surface area contributed by atoms with E-state index in [2.05, 4.69) is 13.0 Å². The van der Waals surface area contributed by atoms with Crippen LogP contribution in [0.15, 0.2) is 6.07 Å².